The molecule has 0 aliphatic carbocycles. The minimum Gasteiger partial charge on any atom is -0.225 e. The van der Waals surface area contributed by atoms with Crippen molar-refractivity contribution in [2.45, 2.75) is 38.9 Å². The van der Waals surface area contributed by atoms with Crippen LogP contribution in [0, 0.1) is 0 Å². The molecule has 0 heterocycles. The molecule has 0 fully saturated rings. The van der Waals surface area contributed by atoms with Crippen molar-refractivity contribution in [2.24, 2.45) is 0 Å². The van der Waals surface area contributed by atoms with E-state index in [1.807, 2.05) is 39.8 Å². The van der Waals surface area contributed by atoms with Crippen molar-refractivity contribution in [3.8, 4) is 0 Å². The summed E-state index contributed by atoms with van der Waals surface area (Å²) < 4.78 is 0. The van der Waals surface area contributed by atoms with Gasteiger partial charge in [-0.05, 0) is 52.0 Å². The fraction of sp³-hybridized carbons (Fsp3) is 0.333. The van der Waals surface area contributed by atoms with Crippen molar-refractivity contribution in [3.63, 3.8) is 0 Å². The molecule has 0 aromatic heterocycles. The third-order valence-electron chi connectivity index (χ3n) is 3.62. The third kappa shape index (κ3) is 4.57. The lowest BCUT2D eigenvalue weighted by Gasteiger charge is -2.32. The van der Waals surface area contributed by atoms with Gasteiger partial charge in [-0.15, -0.1) is 0 Å². The topological polar surface area (TPSA) is 18.5 Å². The van der Waals surface area contributed by atoms with Gasteiger partial charge in [0.25, 0.3) is 0 Å². The average Bonchev–Trinajstić information content (AvgIpc) is 2.44. The Kier molecular flexibility index (Phi) is 6.12. The van der Waals surface area contributed by atoms with Gasteiger partial charge in [0, 0.05) is 31.2 Å². The zero-order valence-corrected chi connectivity index (χ0v) is 16.8. The monoisotopic (exact) mass is 406 g/mol. The van der Waals surface area contributed by atoms with E-state index >= 15 is 0 Å². The highest BCUT2D eigenvalue weighted by atomic mass is 35.5. The number of hydrogen-bond donors (Lipinski definition) is 0. The minimum atomic E-state index is -0.780. The first-order valence-electron chi connectivity index (χ1n) is 7.31. The highest BCUT2D eigenvalue weighted by Gasteiger charge is 2.32. The first-order chi connectivity index (χ1) is 11.0. The second-order valence-corrected chi connectivity index (χ2v) is 8.12. The predicted octanol–water partition coefficient (Wildman–Crippen LogP) is 7.42. The first-order valence-corrected chi connectivity index (χ1v) is 8.82. The van der Waals surface area contributed by atoms with Crippen LogP contribution < -0.4 is 0 Å². The zero-order valence-electron chi connectivity index (χ0n) is 13.8. The maximum Gasteiger partial charge on any atom is 0.124 e. The summed E-state index contributed by atoms with van der Waals surface area (Å²) in [5.41, 5.74) is -0.0199. The lowest BCUT2D eigenvalue weighted by Crippen LogP contribution is -2.30. The van der Waals surface area contributed by atoms with Crippen molar-refractivity contribution < 1.29 is 9.78 Å². The lowest BCUT2D eigenvalue weighted by molar-refractivity contribution is -0.410. The first kappa shape index (κ1) is 19.8. The van der Waals surface area contributed by atoms with E-state index in [9.17, 15) is 0 Å². The van der Waals surface area contributed by atoms with E-state index in [-0.39, 0.29) is 0 Å². The Morgan fingerprint density at radius 3 is 1.25 bits per heavy atom. The van der Waals surface area contributed by atoms with Crippen molar-refractivity contribution >= 4 is 46.4 Å². The maximum atomic E-state index is 6.27. The molecule has 6 heteroatoms. The molecule has 0 unspecified atom stereocenters. The maximum absolute atomic E-state index is 6.27. The SMILES string of the molecule is CC(C)(OOC(C)(C)c1ccc(Cl)cc1Cl)c1ccc(Cl)cc1Cl. The Morgan fingerprint density at radius 2 is 0.958 bits per heavy atom. The van der Waals surface area contributed by atoms with Gasteiger partial charge in [0.1, 0.15) is 11.2 Å². The van der Waals surface area contributed by atoms with Gasteiger partial charge in [0.05, 0.1) is 0 Å². The van der Waals surface area contributed by atoms with E-state index in [0.29, 0.717) is 20.1 Å². The summed E-state index contributed by atoms with van der Waals surface area (Å²) in [5, 5.41) is 2.15. The smallest absolute Gasteiger partial charge is 0.124 e. The van der Waals surface area contributed by atoms with Crippen molar-refractivity contribution in [2.75, 3.05) is 0 Å². The molecule has 0 aliphatic rings. The van der Waals surface area contributed by atoms with E-state index < -0.39 is 11.2 Å². The summed E-state index contributed by atoms with van der Waals surface area (Å²) in [6.07, 6.45) is 0. The quantitative estimate of drug-likeness (QED) is 0.379. The summed E-state index contributed by atoms with van der Waals surface area (Å²) in [7, 11) is 0. The van der Waals surface area contributed by atoms with Gasteiger partial charge in [0.15, 0.2) is 0 Å². The Hall–Kier alpha value is -0.480. The largest absolute Gasteiger partial charge is 0.225 e. The number of halogens is 4. The van der Waals surface area contributed by atoms with Crippen LogP contribution >= 0.6 is 46.4 Å². The van der Waals surface area contributed by atoms with Gasteiger partial charge in [0.2, 0.25) is 0 Å². The van der Waals surface area contributed by atoms with E-state index in [1.165, 1.54) is 0 Å². The van der Waals surface area contributed by atoms with E-state index in [4.69, 9.17) is 56.2 Å². The van der Waals surface area contributed by atoms with E-state index in [2.05, 4.69) is 0 Å². The summed E-state index contributed by atoms with van der Waals surface area (Å²) >= 11 is 24.4. The molecule has 130 valence electrons. The summed E-state index contributed by atoms with van der Waals surface area (Å²) in [6, 6.07) is 10.5. The number of benzene rings is 2. The normalized spacial score (nSPS) is 12.5. The number of hydrogen-bond acceptors (Lipinski definition) is 2. The van der Waals surface area contributed by atoms with Crippen molar-refractivity contribution in [1.29, 1.82) is 0 Å². The van der Waals surface area contributed by atoms with Gasteiger partial charge in [-0.25, -0.2) is 9.78 Å². The number of rotatable bonds is 5. The van der Waals surface area contributed by atoms with Crippen LogP contribution in [0.5, 0.6) is 0 Å². The molecule has 0 amide bonds. The van der Waals surface area contributed by atoms with Gasteiger partial charge in [-0.2, -0.15) is 0 Å². The van der Waals surface area contributed by atoms with Crippen LogP contribution in [-0.2, 0) is 21.0 Å². The summed E-state index contributed by atoms with van der Waals surface area (Å²) in [5.74, 6) is 0. The second-order valence-electron chi connectivity index (χ2n) is 6.44. The molecule has 0 aliphatic heterocycles. The van der Waals surface area contributed by atoms with E-state index in [1.54, 1.807) is 24.3 Å². The molecule has 2 nitrogen and oxygen atoms in total. The van der Waals surface area contributed by atoms with Gasteiger partial charge < -0.3 is 0 Å². The Labute approximate surface area is 162 Å². The molecule has 0 bridgehead atoms. The molecule has 0 saturated carbocycles. The third-order valence-corrected chi connectivity index (χ3v) is 4.71. The summed E-state index contributed by atoms with van der Waals surface area (Å²) in [4.78, 5) is 11.4. The van der Waals surface area contributed by atoms with Crippen LogP contribution in [0.1, 0.15) is 38.8 Å². The van der Waals surface area contributed by atoms with Crippen molar-refractivity contribution in [3.05, 3.63) is 67.6 Å². The molecule has 0 N–H and O–H groups in total. The highest BCUT2D eigenvalue weighted by molar-refractivity contribution is 6.35. The second kappa shape index (κ2) is 7.41. The lowest BCUT2D eigenvalue weighted by atomic mass is 9.97. The Balaban J connectivity index is 2.21. The van der Waals surface area contributed by atoms with Crippen LogP contribution in [0.15, 0.2) is 36.4 Å². The molecular weight excluding hydrogens is 390 g/mol. The van der Waals surface area contributed by atoms with Crippen LogP contribution in [0.4, 0.5) is 0 Å². The van der Waals surface area contributed by atoms with Gasteiger partial charge >= 0.3 is 0 Å². The molecule has 2 aromatic carbocycles. The van der Waals surface area contributed by atoms with Crippen LogP contribution in [0.25, 0.3) is 0 Å². The fourth-order valence-electron chi connectivity index (χ4n) is 2.25. The highest BCUT2D eigenvalue weighted by Crippen LogP contribution is 2.37. The standard InChI is InChI=1S/C18H18Cl4O2/c1-17(2,13-7-5-11(19)9-15(13)21)23-24-18(3,4)14-8-6-12(20)10-16(14)22/h5-10H,1-4H3. The molecule has 0 radical (unpaired) electrons. The van der Waals surface area contributed by atoms with Gasteiger partial charge in [-0.1, -0.05) is 58.5 Å². The molecule has 24 heavy (non-hydrogen) atoms. The van der Waals surface area contributed by atoms with Crippen LogP contribution in [0.2, 0.25) is 20.1 Å². The zero-order chi connectivity index (χ0) is 18.1. The van der Waals surface area contributed by atoms with Crippen LogP contribution in [0.3, 0.4) is 0 Å². The van der Waals surface area contributed by atoms with E-state index in [0.717, 1.165) is 11.1 Å². The average molecular weight is 408 g/mol. The van der Waals surface area contributed by atoms with Crippen molar-refractivity contribution in [1.82, 2.24) is 0 Å². The van der Waals surface area contributed by atoms with Gasteiger partial charge in [-0.3, -0.25) is 0 Å². The fourth-order valence-corrected chi connectivity index (χ4v) is 3.53. The Morgan fingerprint density at radius 1 is 0.625 bits per heavy atom. The molecule has 0 spiro atoms. The molecule has 2 aromatic rings. The minimum absolute atomic E-state index is 0.512. The predicted molar refractivity (Wildman–Crippen MR) is 101 cm³/mol. The summed E-state index contributed by atoms with van der Waals surface area (Å²) in [6.45, 7) is 7.45. The molecule has 2 rings (SSSR count). The molecule has 0 saturated heterocycles. The molecular formula is C18H18Cl4O2. The van der Waals surface area contributed by atoms with Crippen LogP contribution in [-0.4, -0.2) is 0 Å². The molecule has 0 atom stereocenters. The Bertz CT molecular complexity index is 678.